The number of carbonyl (C=O) groups is 1. The summed E-state index contributed by atoms with van der Waals surface area (Å²) in [6.07, 6.45) is 5.15. The van der Waals surface area contributed by atoms with Crippen molar-refractivity contribution in [2.24, 2.45) is 0 Å². The summed E-state index contributed by atoms with van der Waals surface area (Å²) in [7, 11) is 1.56. The molecule has 4 rings (SSSR count). The van der Waals surface area contributed by atoms with Crippen LogP contribution in [0.4, 0.5) is 0 Å². The van der Waals surface area contributed by atoms with Gasteiger partial charge in [-0.15, -0.1) is 0 Å². The molecule has 2 aliphatic heterocycles. The van der Waals surface area contributed by atoms with Gasteiger partial charge in [0.05, 0.1) is 7.11 Å². The molecule has 0 saturated carbocycles. The van der Waals surface area contributed by atoms with Gasteiger partial charge in [-0.1, -0.05) is 22.0 Å². The van der Waals surface area contributed by atoms with Gasteiger partial charge < -0.3 is 9.84 Å². The second-order valence-electron chi connectivity index (χ2n) is 6.04. The molecule has 3 aliphatic rings. The number of ketones is 1. The third-order valence-electron chi connectivity index (χ3n) is 5.17. The Morgan fingerprint density at radius 3 is 3.10 bits per heavy atom. The summed E-state index contributed by atoms with van der Waals surface area (Å²) in [5.41, 5.74) is 1.79. The Kier molecular flexibility index (Phi) is 2.75. The number of aromatic hydroxyl groups is 1. The average Bonchev–Trinajstić information content (AvgIpc) is 2.72. The number of rotatable bonds is 1. The third kappa shape index (κ3) is 1.62. The van der Waals surface area contributed by atoms with E-state index in [1.807, 2.05) is 12.1 Å². The van der Waals surface area contributed by atoms with Gasteiger partial charge in [-0.25, -0.2) is 0 Å². The number of methoxy groups -OCH3 is 1. The van der Waals surface area contributed by atoms with Crippen molar-refractivity contribution in [3.8, 4) is 11.5 Å². The molecule has 3 atom stereocenters. The van der Waals surface area contributed by atoms with Crippen LogP contribution in [-0.4, -0.2) is 35.5 Å². The summed E-state index contributed by atoms with van der Waals surface area (Å²) in [6, 6.07) is 1.98. The number of hydrogen-bond donors (Lipinski definition) is 1. The SMILES string of the molecule is COc1cc(Br)c2c(c1O)[C@@]13C=CC(=O)C[C@@H]1N(CC3)C2. The second-order valence-corrected chi connectivity index (χ2v) is 6.90. The molecule has 21 heavy (non-hydrogen) atoms. The molecule has 0 aromatic heterocycles. The Bertz CT molecular complexity index is 685. The maximum Gasteiger partial charge on any atom is 0.162 e. The maximum atomic E-state index is 11.8. The van der Waals surface area contributed by atoms with Crippen LogP contribution in [0.25, 0.3) is 0 Å². The number of ether oxygens (including phenoxy) is 1. The first-order valence-corrected chi connectivity index (χ1v) is 7.91. The molecular weight excluding hydrogens is 334 g/mol. The molecule has 1 fully saturated rings. The van der Waals surface area contributed by atoms with Crippen molar-refractivity contribution in [3.05, 3.63) is 33.8 Å². The molecule has 2 bridgehead atoms. The molecule has 1 aromatic carbocycles. The van der Waals surface area contributed by atoms with Crippen LogP contribution in [-0.2, 0) is 16.8 Å². The van der Waals surface area contributed by atoms with Crippen molar-refractivity contribution in [1.29, 1.82) is 0 Å². The monoisotopic (exact) mass is 349 g/mol. The van der Waals surface area contributed by atoms with Gasteiger partial charge in [0.25, 0.3) is 0 Å². The molecule has 1 unspecified atom stereocenters. The van der Waals surface area contributed by atoms with E-state index in [4.69, 9.17) is 4.74 Å². The minimum absolute atomic E-state index is 0.160. The molecular formula is C16H16BrNO3. The van der Waals surface area contributed by atoms with Crippen LogP contribution < -0.4 is 4.74 Å². The van der Waals surface area contributed by atoms with Crippen molar-refractivity contribution < 1.29 is 14.6 Å². The van der Waals surface area contributed by atoms with Gasteiger partial charge in [0.2, 0.25) is 0 Å². The van der Waals surface area contributed by atoms with Gasteiger partial charge in [-0.05, 0) is 24.1 Å². The number of nitrogens with zero attached hydrogens (tertiary/aromatic N) is 1. The average molecular weight is 350 g/mol. The van der Waals surface area contributed by atoms with Crippen LogP contribution in [0.3, 0.4) is 0 Å². The van der Waals surface area contributed by atoms with E-state index < -0.39 is 0 Å². The molecule has 1 saturated heterocycles. The Morgan fingerprint density at radius 1 is 1.52 bits per heavy atom. The van der Waals surface area contributed by atoms with Gasteiger partial charge in [0, 0.05) is 41.0 Å². The van der Waals surface area contributed by atoms with Gasteiger partial charge >= 0.3 is 0 Å². The number of fused-ring (bicyclic) bond motifs is 1. The van der Waals surface area contributed by atoms with E-state index in [1.165, 1.54) is 0 Å². The fraction of sp³-hybridized carbons (Fsp3) is 0.438. The third-order valence-corrected chi connectivity index (χ3v) is 5.88. The van der Waals surface area contributed by atoms with Gasteiger partial charge in [0.1, 0.15) is 0 Å². The quantitative estimate of drug-likeness (QED) is 0.846. The largest absolute Gasteiger partial charge is 0.504 e. The zero-order valence-electron chi connectivity index (χ0n) is 11.7. The highest BCUT2D eigenvalue weighted by Gasteiger charge is 2.54. The molecule has 1 N–H and O–H groups in total. The number of halogens is 1. The standard InChI is InChI=1S/C16H16BrNO3/c1-21-12-7-11(17)10-8-18-5-4-16(14(10)15(12)20)3-2-9(19)6-13(16)18/h2-3,7,13,20H,4-6,8H2,1H3/t13-,16+/m0/s1. The van der Waals surface area contributed by atoms with Gasteiger partial charge in [0.15, 0.2) is 17.3 Å². The highest BCUT2D eigenvalue weighted by Crippen LogP contribution is 2.56. The highest BCUT2D eigenvalue weighted by atomic mass is 79.9. The fourth-order valence-corrected chi connectivity index (χ4v) is 4.75. The molecule has 0 spiro atoms. The smallest absolute Gasteiger partial charge is 0.162 e. The van der Waals surface area contributed by atoms with Crippen molar-refractivity contribution in [2.75, 3.05) is 13.7 Å². The van der Waals surface area contributed by atoms with Crippen molar-refractivity contribution >= 4 is 21.7 Å². The molecule has 2 heterocycles. The van der Waals surface area contributed by atoms with E-state index in [0.717, 1.165) is 35.1 Å². The van der Waals surface area contributed by atoms with Crippen LogP contribution in [0.5, 0.6) is 11.5 Å². The first-order chi connectivity index (χ1) is 10.1. The van der Waals surface area contributed by atoms with Crippen LogP contribution >= 0.6 is 15.9 Å². The van der Waals surface area contributed by atoms with Crippen LogP contribution in [0, 0.1) is 0 Å². The van der Waals surface area contributed by atoms with Crippen LogP contribution in [0.1, 0.15) is 24.0 Å². The predicted molar refractivity (Wildman–Crippen MR) is 81.6 cm³/mol. The zero-order chi connectivity index (χ0) is 14.8. The number of benzene rings is 1. The molecule has 5 heteroatoms. The van der Waals surface area contributed by atoms with E-state index >= 15 is 0 Å². The Labute approximate surface area is 131 Å². The van der Waals surface area contributed by atoms with Crippen LogP contribution in [0.2, 0.25) is 0 Å². The minimum Gasteiger partial charge on any atom is -0.504 e. The topological polar surface area (TPSA) is 49.8 Å². The number of allylic oxidation sites excluding steroid dienone is 1. The van der Waals surface area contributed by atoms with Gasteiger partial charge in [-0.2, -0.15) is 0 Å². The van der Waals surface area contributed by atoms with Crippen molar-refractivity contribution in [2.45, 2.75) is 30.8 Å². The molecule has 1 aliphatic carbocycles. The maximum absolute atomic E-state index is 11.8. The fourth-order valence-electron chi connectivity index (χ4n) is 4.22. The Balaban J connectivity index is 2.03. The van der Waals surface area contributed by atoms with Crippen molar-refractivity contribution in [1.82, 2.24) is 4.90 Å². The van der Waals surface area contributed by atoms with E-state index in [1.54, 1.807) is 13.2 Å². The Morgan fingerprint density at radius 2 is 2.33 bits per heavy atom. The molecule has 4 nitrogen and oxygen atoms in total. The molecule has 0 amide bonds. The first-order valence-electron chi connectivity index (χ1n) is 7.12. The van der Waals surface area contributed by atoms with Gasteiger partial charge in [-0.3, -0.25) is 9.69 Å². The zero-order valence-corrected chi connectivity index (χ0v) is 13.3. The summed E-state index contributed by atoms with van der Waals surface area (Å²) in [5.74, 6) is 0.882. The van der Waals surface area contributed by atoms with E-state index in [-0.39, 0.29) is 23.0 Å². The summed E-state index contributed by atoms with van der Waals surface area (Å²) < 4.78 is 6.27. The number of hydrogen-bond acceptors (Lipinski definition) is 4. The lowest BCUT2D eigenvalue weighted by molar-refractivity contribution is -0.116. The van der Waals surface area contributed by atoms with E-state index in [2.05, 4.69) is 20.8 Å². The second kappa shape index (κ2) is 4.34. The normalized spacial score (nSPS) is 32.8. The Hall–Kier alpha value is -1.33. The molecule has 0 radical (unpaired) electrons. The summed E-state index contributed by atoms with van der Waals surface area (Å²) in [4.78, 5) is 14.2. The van der Waals surface area contributed by atoms with E-state index in [0.29, 0.717) is 12.2 Å². The summed E-state index contributed by atoms with van der Waals surface area (Å²) in [6.45, 7) is 1.71. The number of carbonyl (C=O) groups excluding carboxylic acids is 1. The molecule has 110 valence electrons. The lowest BCUT2D eigenvalue weighted by Gasteiger charge is -2.44. The summed E-state index contributed by atoms with van der Waals surface area (Å²) in [5, 5.41) is 10.7. The lowest BCUT2D eigenvalue weighted by Crippen LogP contribution is -2.48. The predicted octanol–water partition coefficient (Wildman–Crippen LogP) is 2.52. The number of phenolic OH excluding ortho intramolecular Hbond substituents is 1. The number of phenols is 1. The first kappa shape index (κ1) is 13.3. The highest BCUT2D eigenvalue weighted by molar-refractivity contribution is 9.10. The minimum atomic E-state index is -0.261. The summed E-state index contributed by atoms with van der Waals surface area (Å²) >= 11 is 3.61. The van der Waals surface area contributed by atoms with Crippen LogP contribution in [0.15, 0.2) is 22.7 Å². The van der Waals surface area contributed by atoms with Crippen molar-refractivity contribution in [3.63, 3.8) is 0 Å². The molecule has 1 aromatic rings. The lowest BCUT2D eigenvalue weighted by atomic mass is 9.66. The van der Waals surface area contributed by atoms with E-state index in [9.17, 15) is 9.90 Å².